The topological polar surface area (TPSA) is 54.0 Å². The molecule has 0 bridgehead atoms. The highest BCUT2D eigenvalue weighted by Crippen LogP contribution is 2.18. The number of hydrogen-bond donors (Lipinski definition) is 2. The summed E-state index contributed by atoms with van der Waals surface area (Å²) in [5.74, 6) is -0.0285. The maximum atomic E-state index is 11.8. The molecule has 2 rings (SSSR count). The maximum Gasteiger partial charge on any atom is 0.251 e. The summed E-state index contributed by atoms with van der Waals surface area (Å²) in [5.41, 5.74) is 3.85. The Balaban J connectivity index is 2.02. The lowest BCUT2D eigenvalue weighted by Crippen LogP contribution is -2.22. The number of rotatable bonds is 6. The van der Waals surface area contributed by atoms with E-state index < -0.39 is 0 Å². The first-order chi connectivity index (χ1) is 10.1. The lowest BCUT2D eigenvalue weighted by atomic mass is 10.1. The lowest BCUT2D eigenvalue weighted by molar-refractivity contribution is 0.0956. The number of amides is 1. The van der Waals surface area contributed by atoms with Gasteiger partial charge in [-0.05, 0) is 44.0 Å². The number of anilines is 1. The Labute approximate surface area is 129 Å². The fourth-order valence-corrected chi connectivity index (χ4v) is 2.79. The number of benzene rings is 1. The number of carbonyl (C=O) groups is 1. The lowest BCUT2D eigenvalue weighted by Gasteiger charge is -2.10. The molecule has 5 heteroatoms. The van der Waals surface area contributed by atoms with Gasteiger partial charge in [0.2, 0.25) is 0 Å². The van der Waals surface area contributed by atoms with Gasteiger partial charge in [-0.15, -0.1) is 11.3 Å². The Bertz CT molecular complexity index is 622. The third kappa shape index (κ3) is 4.04. The van der Waals surface area contributed by atoms with Crippen molar-refractivity contribution in [2.45, 2.75) is 33.7 Å². The zero-order chi connectivity index (χ0) is 15.2. The monoisotopic (exact) mass is 303 g/mol. The Morgan fingerprint density at radius 1 is 1.33 bits per heavy atom. The molecule has 2 aromatic rings. The van der Waals surface area contributed by atoms with E-state index in [1.54, 1.807) is 11.3 Å². The van der Waals surface area contributed by atoms with Crippen LogP contribution in [0, 0.1) is 6.92 Å². The molecule has 1 aromatic heterocycles. The number of carbonyl (C=O) groups excluding carboxylic acids is 1. The van der Waals surface area contributed by atoms with Gasteiger partial charge in [-0.25, -0.2) is 4.98 Å². The standard InChI is InChI=1S/C16H21N3OS/c1-4-15-19-13(10-21-15)9-18-14-7-6-12(8-11(14)3)16(20)17-5-2/h6-8,10,18H,4-5,9H2,1-3H3,(H,17,20). The highest BCUT2D eigenvalue weighted by atomic mass is 32.1. The molecule has 0 saturated heterocycles. The minimum Gasteiger partial charge on any atom is -0.379 e. The van der Waals surface area contributed by atoms with Crippen LogP contribution < -0.4 is 10.6 Å². The van der Waals surface area contributed by atoms with Crippen LogP contribution >= 0.6 is 11.3 Å². The zero-order valence-electron chi connectivity index (χ0n) is 12.7. The van der Waals surface area contributed by atoms with Crippen molar-refractivity contribution in [1.82, 2.24) is 10.3 Å². The summed E-state index contributed by atoms with van der Waals surface area (Å²) in [6.45, 7) is 7.38. The Morgan fingerprint density at radius 2 is 2.14 bits per heavy atom. The number of thiazole rings is 1. The molecule has 0 aliphatic heterocycles. The van der Waals surface area contributed by atoms with E-state index in [2.05, 4.69) is 27.9 Å². The van der Waals surface area contributed by atoms with Crippen LogP contribution in [0.3, 0.4) is 0 Å². The molecular weight excluding hydrogens is 282 g/mol. The van der Waals surface area contributed by atoms with Crippen LogP contribution in [0.15, 0.2) is 23.6 Å². The van der Waals surface area contributed by atoms with Crippen LogP contribution in [-0.2, 0) is 13.0 Å². The number of aromatic nitrogens is 1. The molecule has 0 saturated carbocycles. The largest absolute Gasteiger partial charge is 0.379 e. The minimum absolute atomic E-state index is 0.0285. The molecule has 1 heterocycles. The number of hydrogen-bond acceptors (Lipinski definition) is 4. The first kappa shape index (κ1) is 15.5. The summed E-state index contributed by atoms with van der Waals surface area (Å²) in [5, 5.41) is 9.43. The molecular formula is C16H21N3OS. The normalized spacial score (nSPS) is 10.4. The Morgan fingerprint density at radius 3 is 2.76 bits per heavy atom. The zero-order valence-corrected chi connectivity index (χ0v) is 13.5. The van der Waals surface area contributed by atoms with E-state index in [-0.39, 0.29) is 5.91 Å². The fraction of sp³-hybridized carbons (Fsp3) is 0.375. The van der Waals surface area contributed by atoms with Crippen molar-refractivity contribution in [1.29, 1.82) is 0 Å². The van der Waals surface area contributed by atoms with Crippen LogP contribution in [0.1, 0.15) is 40.5 Å². The number of nitrogens with zero attached hydrogens (tertiary/aromatic N) is 1. The van der Waals surface area contributed by atoms with Gasteiger partial charge < -0.3 is 10.6 Å². The maximum absolute atomic E-state index is 11.8. The molecule has 0 atom stereocenters. The van der Waals surface area contributed by atoms with E-state index in [0.29, 0.717) is 18.7 Å². The minimum atomic E-state index is -0.0285. The Hall–Kier alpha value is -1.88. The number of nitrogens with one attached hydrogen (secondary N) is 2. The van der Waals surface area contributed by atoms with E-state index in [0.717, 1.165) is 28.4 Å². The van der Waals surface area contributed by atoms with E-state index in [4.69, 9.17) is 0 Å². The molecule has 112 valence electrons. The van der Waals surface area contributed by atoms with Crippen molar-refractivity contribution in [3.63, 3.8) is 0 Å². The Kier molecular flexibility index (Phi) is 5.33. The van der Waals surface area contributed by atoms with E-state index >= 15 is 0 Å². The first-order valence-electron chi connectivity index (χ1n) is 7.20. The van der Waals surface area contributed by atoms with Crippen molar-refractivity contribution >= 4 is 22.9 Å². The summed E-state index contributed by atoms with van der Waals surface area (Å²) >= 11 is 1.70. The van der Waals surface area contributed by atoms with Crippen molar-refractivity contribution < 1.29 is 4.79 Å². The highest BCUT2D eigenvalue weighted by molar-refractivity contribution is 7.09. The molecule has 21 heavy (non-hydrogen) atoms. The molecule has 1 amide bonds. The molecule has 0 radical (unpaired) electrons. The predicted octanol–water partition coefficient (Wildman–Crippen LogP) is 3.38. The third-order valence-corrected chi connectivity index (χ3v) is 4.23. The van der Waals surface area contributed by atoms with Gasteiger partial charge in [0, 0.05) is 23.2 Å². The van der Waals surface area contributed by atoms with Crippen LogP contribution in [0.2, 0.25) is 0 Å². The first-order valence-corrected chi connectivity index (χ1v) is 8.08. The molecule has 2 N–H and O–H groups in total. The van der Waals surface area contributed by atoms with Crippen LogP contribution in [0.4, 0.5) is 5.69 Å². The molecule has 4 nitrogen and oxygen atoms in total. The summed E-state index contributed by atoms with van der Waals surface area (Å²) in [6, 6.07) is 5.71. The second-order valence-electron chi connectivity index (χ2n) is 4.83. The van der Waals surface area contributed by atoms with Crippen molar-refractivity contribution in [2.24, 2.45) is 0 Å². The molecule has 0 spiro atoms. The van der Waals surface area contributed by atoms with Crippen LogP contribution in [-0.4, -0.2) is 17.4 Å². The van der Waals surface area contributed by atoms with Gasteiger partial charge in [0.05, 0.1) is 17.2 Å². The smallest absolute Gasteiger partial charge is 0.251 e. The predicted molar refractivity (Wildman–Crippen MR) is 88.0 cm³/mol. The molecule has 0 fully saturated rings. The van der Waals surface area contributed by atoms with Gasteiger partial charge in [0.15, 0.2) is 0 Å². The molecule has 0 aliphatic rings. The summed E-state index contributed by atoms with van der Waals surface area (Å²) < 4.78 is 0. The number of aryl methyl sites for hydroxylation is 2. The highest BCUT2D eigenvalue weighted by Gasteiger charge is 2.07. The quantitative estimate of drug-likeness (QED) is 0.860. The van der Waals surface area contributed by atoms with Gasteiger partial charge in [-0.2, -0.15) is 0 Å². The average molecular weight is 303 g/mol. The second kappa shape index (κ2) is 7.22. The van der Waals surface area contributed by atoms with E-state index in [1.807, 2.05) is 32.0 Å². The van der Waals surface area contributed by atoms with Crippen LogP contribution in [0.5, 0.6) is 0 Å². The molecule has 1 aromatic carbocycles. The van der Waals surface area contributed by atoms with E-state index in [9.17, 15) is 4.79 Å². The van der Waals surface area contributed by atoms with E-state index in [1.165, 1.54) is 0 Å². The van der Waals surface area contributed by atoms with Crippen molar-refractivity contribution in [2.75, 3.05) is 11.9 Å². The summed E-state index contributed by atoms with van der Waals surface area (Å²) in [7, 11) is 0. The average Bonchev–Trinajstić information content (AvgIpc) is 2.94. The van der Waals surface area contributed by atoms with Gasteiger partial charge in [-0.3, -0.25) is 4.79 Å². The van der Waals surface area contributed by atoms with Gasteiger partial charge in [-0.1, -0.05) is 6.92 Å². The van der Waals surface area contributed by atoms with Gasteiger partial charge in [0.25, 0.3) is 5.91 Å². The molecule has 0 aliphatic carbocycles. The van der Waals surface area contributed by atoms with Gasteiger partial charge >= 0.3 is 0 Å². The summed E-state index contributed by atoms with van der Waals surface area (Å²) in [4.78, 5) is 16.3. The molecule has 0 unspecified atom stereocenters. The SMILES string of the molecule is CCNC(=O)c1ccc(NCc2csc(CC)n2)c(C)c1. The van der Waals surface area contributed by atoms with Crippen molar-refractivity contribution in [3.8, 4) is 0 Å². The fourth-order valence-electron chi connectivity index (χ4n) is 2.04. The summed E-state index contributed by atoms with van der Waals surface area (Å²) in [6.07, 6.45) is 0.977. The second-order valence-corrected chi connectivity index (χ2v) is 5.77. The van der Waals surface area contributed by atoms with Gasteiger partial charge in [0.1, 0.15) is 0 Å². The third-order valence-electron chi connectivity index (χ3n) is 3.19. The van der Waals surface area contributed by atoms with Crippen molar-refractivity contribution in [3.05, 3.63) is 45.4 Å². The van der Waals surface area contributed by atoms with Crippen LogP contribution in [0.25, 0.3) is 0 Å².